The fraction of sp³-hybridized carbons (Fsp3) is 0.737. The van der Waals surface area contributed by atoms with Crippen LogP contribution in [0.3, 0.4) is 0 Å². The molecule has 8 heteroatoms. The molecule has 0 aliphatic carbocycles. The molecule has 0 unspecified atom stereocenters. The van der Waals surface area contributed by atoms with Gasteiger partial charge in [0.1, 0.15) is 5.69 Å². The van der Waals surface area contributed by atoms with Gasteiger partial charge in [-0.25, -0.2) is 4.98 Å². The molecule has 1 aromatic rings. The summed E-state index contributed by atoms with van der Waals surface area (Å²) < 4.78 is 0. The van der Waals surface area contributed by atoms with Gasteiger partial charge in [0.05, 0.1) is 0 Å². The van der Waals surface area contributed by atoms with Gasteiger partial charge in [0, 0.05) is 51.1 Å². The Morgan fingerprint density at radius 3 is 2.70 bits per heavy atom. The summed E-state index contributed by atoms with van der Waals surface area (Å²) in [5.41, 5.74) is 0.721. The monoisotopic (exact) mass is 391 g/mol. The second-order valence-electron chi connectivity index (χ2n) is 8.31. The molecule has 0 saturated carbocycles. The highest BCUT2D eigenvalue weighted by atomic mass is 32.1. The van der Waals surface area contributed by atoms with Crippen LogP contribution in [0.25, 0.3) is 0 Å². The SMILES string of the molecule is CNc1nc(C(=O)N2CCC3(CCC(=O)N([C@@H]4CCN(C)C4)C3)CC2)cs1. The third-order valence-corrected chi connectivity index (χ3v) is 7.41. The molecule has 3 aliphatic rings. The van der Waals surface area contributed by atoms with Crippen molar-refractivity contribution in [3.63, 3.8) is 0 Å². The standard InChI is InChI=1S/C19H29N5O2S/c1-20-18-21-15(12-27-18)17(26)23-9-6-19(7-10-23)5-3-16(25)24(13-19)14-4-8-22(2)11-14/h12,14H,3-11,13H2,1-2H3,(H,20,21)/t14-/m1/s1. The van der Waals surface area contributed by atoms with Gasteiger partial charge >= 0.3 is 0 Å². The molecule has 3 aliphatic heterocycles. The van der Waals surface area contributed by atoms with Crippen molar-refractivity contribution in [1.82, 2.24) is 19.7 Å². The van der Waals surface area contributed by atoms with Gasteiger partial charge < -0.3 is 20.0 Å². The third-order valence-electron chi connectivity index (χ3n) is 6.55. The maximum Gasteiger partial charge on any atom is 0.273 e. The Balaban J connectivity index is 1.38. The highest BCUT2D eigenvalue weighted by Crippen LogP contribution is 2.41. The number of nitrogens with one attached hydrogen (secondary N) is 1. The van der Waals surface area contributed by atoms with Gasteiger partial charge in [-0.1, -0.05) is 0 Å². The molecule has 1 aromatic heterocycles. The van der Waals surface area contributed by atoms with E-state index >= 15 is 0 Å². The maximum absolute atomic E-state index is 12.7. The van der Waals surface area contributed by atoms with E-state index in [1.807, 2.05) is 17.3 Å². The van der Waals surface area contributed by atoms with Crippen LogP contribution >= 0.6 is 11.3 Å². The summed E-state index contributed by atoms with van der Waals surface area (Å²) in [6.45, 7) is 4.46. The smallest absolute Gasteiger partial charge is 0.273 e. The van der Waals surface area contributed by atoms with Crippen molar-refractivity contribution in [2.75, 3.05) is 52.1 Å². The largest absolute Gasteiger partial charge is 0.365 e. The molecule has 0 aromatic carbocycles. The summed E-state index contributed by atoms with van der Waals surface area (Å²) in [5, 5.41) is 5.59. The van der Waals surface area contributed by atoms with Crippen LogP contribution in [0.5, 0.6) is 0 Å². The molecule has 1 spiro atoms. The lowest BCUT2D eigenvalue weighted by atomic mass is 9.72. The Labute approximate surface area is 164 Å². The second kappa shape index (κ2) is 7.39. The fourth-order valence-corrected chi connectivity index (χ4v) is 5.43. The number of aromatic nitrogens is 1. The number of anilines is 1. The van der Waals surface area contributed by atoms with Crippen molar-refractivity contribution in [3.8, 4) is 0 Å². The number of thiazole rings is 1. The fourth-order valence-electron chi connectivity index (χ4n) is 4.78. The van der Waals surface area contributed by atoms with Gasteiger partial charge in [-0.05, 0) is 44.7 Å². The molecular formula is C19H29N5O2S. The number of carbonyl (C=O) groups is 2. The van der Waals surface area contributed by atoms with E-state index in [0.717, 1.165) is 63.5 Å². The van der Waals surface area contributed by atoms with E-state index in [-0.39, 0.29) is 11.3 Å². The van der Waals surface area contributed by atoms with Gasteiger partial charge in [0.2, 0.25) is 5.91 Å². The molecule has 1 atom stereocenters. The molecule has 3 saturated heterocycles. The number of rotatable bonds is 3. The first-order valence-electron chi connectivity index (χ1n) is 9.90. The first-order chi connectivity index (χ1) is 13.0. The predicted octanol–water partition coefficient (Wildman–Crippen LogP) is 1.73. The Kier molecular flexibility index (Phi) is 5.11. The summed E-state index contributed by atoms with van der Waals surface area (Å²) in [6, 6.07) is 0.370. The van der Waals surface area contributed by atoms with Crippen LogP contribution in [0.2, 0.25) is 0 Å². The van der Waals surface area contributed by atoms with Crippen molar-refractivity contribution in [2.24, 2.45) is 5.41 Å². The first-order valence-corrected chi connectivity index (χ1v) is 10.8. The zero-order chi connectivity index (χ0) is 19.0. The topological polar surface area (TPSA) is 68.8 Å². The van der Waals surface area contributed by atoms with Crippen molar-refractivity contribution in [2.45, 2.75) is 38.1 Å². The molecule has 1 N–H and O–H groups in total. The zero-order valence-corrected chi connectivity index (χ0v) is 17.1. The van der Waals surface area contributed by atoms with Crippen molar-refractivity contribution in [3.05, 3.63) is 11.1 Å². The van der Waals surface area contributed by atoms with E-state index in [0.29, 0.717) is 24.1 Å². The minimum atomic E-state index is 0.0313. The van der Waals surface area contributed by atoms with E-state index in [4.69, 9.17) is 0 Å². The van der Waals surface area contributed by atoms with Crippen molar-refractivity contribution >= 4 is 28.3 Å². The summed E-state index contributed by atoms with van der Waals surface area (Å²) in [5.74, 6) is 0.352. The Morgan fingerprint density at radius 1 is 1.30 bits per heavy atom. The van der Waals surface area contributed by atoms with Crippen LogP contribution in [-0.4, -0.2) is 84.4 Å². The van der Waals surface area contributed by atoms with Gasteiger partial charge in [0.25, 0.3) is 5.91 Å². The van der Waals surface area contributed by atoms with Crippen LogP contribution in [0.4, 0.5) is 5.13 Å². The molecule has 4 rings (SSSR count). The van der Waals surface area contributed by atoms with E-state index in [1.165, 1.54) is 11.3 Å². The van der Waals surface area contributed by atoms with Gasteiger partial charge in [0.15, 0.2) is 5.13 Å². The number of hydrogen-bond acceptors (Lipinski definition) is 6. The number of likely N-dealkylation sites (N-methyl/N-ethyl adjacent to an activating group) is 1. The second-order valence-corrected chi connectivity index (χ2v) is 9.16. The first kappa shape index (κ1) is 18.7. The summed E-state index contributed by atoms with van der Waals surface area (Å²) in [6.07, 6.45) is 4.67. The molecule has 0 radical (unpaired) electrons. The lowest BCUT2D eigenvalue weighted by molar-refractivity contribution is -0.141. The Bertz CT molecular complexity index is 713. The van der Waals surface area contributed by atoms with Crippen LogP contribution in [0.1, 0.15) is 42.6 Å². The molecule has 2 amide bonds. The predicted molar refractivity (Wildman–Crippen MR) is 106 cm³/mol. The summed E-state index contributed by atoms with van der Waals surface area (Å²) in [7, 11) is 3.95. The number of piperidine rings is 2. The molecule has 0 bridgehead atoms. The lowest BCUT2D eigenvalue weighted by Crippen LogP contribution is -2.55. The van der Waals surface area contributed by atoms with E-state index in [9.17, 15) is 9.59 Å². The summed E-state index contributed by atoms with van der Waals surface area (Å²) >= 11 is 1.46. The number of carbonyl (C=O) groups excluding carboxylic acids is 2. The van der Waals surface area contributed by atoms with Crippen LogP contribution in [0, 0.1) is 5.41 Å². The van der Waals surface area contributed by atoms with Gasteiger partial charge in [-0.2, -0.15) is 0 Å². The molecule has 3 fully saturated rings. The number of likely N-dealkylation sites (tertiary alicyclic amines) is 3. The van der Waals surface area contributed by atoms with Crippen LogP contribution in [0.15, 0.2) is 5.38 Å². The number of hydrogen-bond donors (Lipinski definition) is 1. The molecule has 148 valence electrons. The van der Waals surface area contributed by atoms with E-state index in [1.54, 1.807) is 0 Å². The normalized spacial score (nSPS) is 26.0. The maximum atomic E-state index is 12.7. The highest BCUT2D eigenvalue weighted by molar-refractivity contribution is 7.13. The molecular weight excluding hydrogens is 362 g/mol. The Hall–Kier alpha value is -1.67. The van der Waals surface area contributed by atoms with Crippen LogP contribution < -0.4 is 5.32 Å². The molecule has 7 nitrogen and oxygen atoms in total. The average molecular weight is 392 g/mol. The lowest BCUT2D eigenvalue weighted by Gasteiger charge is -2.48. The minimum Gasteiger partial charge on any atom is -0.365 e. The minimum absolute atomic E-state index is 0.0313. The van der Waals surface area contributed by atoms with Gasteiger partial charge in [-0.15, -0.1) is 11.3 Å². The van der Waals surface area contributed by atoms with E-state index < -0.39 is 0 Å². The van der Waals surface area contributed by atoms with Crippen LogP contribution in [-0.2, 0) is 4.79 Å². The summed E-state index contributed by atoms with van der Waals surface area (Å²) in [4.78, 5) is 36.0. The van der Waals surface area contributed by atoms with Crippen molar-refractivity contribution < 1.29 is 9.59 Å². The number of amides is 2. The molecule has 4 heterocycles. The number of nitrogens with zero attached hydrogens (tertiary/aromatic N) is 4. The van der Waals surface area contributed by atoms with E-state index in [2.05, 4.69) is 27.1 Å². The Morgan fingerprint density at radius 2 is 2.07 bits per heavy atom. The van der Waals surface area contributed by atoms with Crippen molar-refractivity contribution in [1.29, 1.82) is 0 Å². The average Bonchev–Trinajstić information content (AvgIpc) is 3.33. The third kappa shape index (κ3) is 3.69. The molecule has 27 heavy (non-hydrogen) atoms. The zero-order valence-electron chi connectivity index (χ0n) is 16.2. The van der Waals surface area contributed by atoms with Gasteiger partial charge in [-0.3, -0.25) is 9.59 Å². The quantitative estimate of drug-likeness (QED) is 0.850. The highest BCUT2D eigenvalue weighted by Gasteiger charge is 2.44.